The van der Waals surface area contributed by atoms with Crippen molar-refractivity contribution in [2.75, 3.05) is 0 Å². The fraction of sp³-hybridized carbons (Fsp3) is 0.333. The van der Waals surface area contributed by atoms with Crippen LogP contribution in [0.15, 0.2) is 34.9 Å². The molecule has 0 nitrogen and oxygen atoms in total. The minimum atomic E-state index is 0.839. The molecule has 0 N–H and O–H groups in total. The van der Waals surface area contributed by atoms with Gasteiger partial charge >= 0.3 is 0 Å². The Bertz CT molecular complexity index is 288. The summed E-state index contributed by atoms with van der Waals surface area (Å²) in [5.74, 6) is 2.65. The SMILES string of the molecule is C#CCCC1=CC(=C(C)C)C=C1. The first kappa shape index (κ1) is 8.87. The van der Waals surface area contributed by atoms with Crippen LogP contribution in [0.1, 0.15) is 26.7 Å². The van der Waals surface area contributed by atoms with E-state index in [2.05, 4.69) is 38.0 Å². The molecule has 0 saturated carbocycles. The molecule has 0 unspecified atom stereocenters. The Hall–Kier alpha value is -1.22. The molecule has 0 aromatic carbocycles. The van der Waals surface area contributed by atoms with Crippen molar-refractivity contribution in [2.24, 2.45) is 0 Å². The second-order valence-corrected chi connectivity index (χ2v) is 3.21. The van der Waals surface area contributed by atoms with E-state index in [4.69, 9.17) is 6.42 Å². The highest BCUT2D eigenvalue weighted by Gasteiger charge is 2.01. The smallest absolute Gasteiger partial charge is 0.0127 e. The summed E-state index contributed by atoms with van der Waals surface area (Å²) in [6, 6.07) is 0. The van der Waals surface area contributed by atoms with Crippen LogP contribution in [0.25, 0.3) is 0 Å². The van der Waals surface area contributed by atoms with Gasteiger partial charge in [0.25, 0.3) is 0 Å². The van der Waals surface area contributed by atoms with Crippen LogP contribution in [0.5, 0.6) is 0 Å². The molecule has 0 saturated heterocycles. The first-order valence-corrected chi connectivity index (χ1v) is 4.23. The van der Waals surface area contributed by atoms with Gasteiger partial charge in [-0.3, -0.25) is 0 Å². The Balaban J connectivity index is 2.64. The normalized spacial score (nSPS) is 14.4. The van der Waals surface area contributed by atoms with Crippen LogP contribution < -0.4 is 0 Å². The molecule has 0 heteroatoms. The largest absolute Gasteiger partial charge is 0.120 e. The van der Waals surface area contributed by atoms with Crippen LogP contribution in [0, 0.1) is 12.3 Å². The van der Waals surface area contributed by atoms with E-state index in [0.29, 0.717) is 0 Å². The number of hydrogen-bond donors (Lipinski definition) is 0. The lowest BCUT2D eigenvalue weighted by molar-refractivity contribution is 1.04. The summed E-state index contributed by atoms with van der Waals surface area (Å²) in [5, 5.41) is 0. The topological polar surface area (TPSA) is 0 Å². The first-order valence-electron chi connectivity index (χ1n) is 4.23. The number of rotatable bonds is 2. The second kappa shape index (κ2) is 3.97. The molecule has 1 aliphatic rings. The van der Waals surface area contributed by atoms with Gasteiger partial charge in [0.15, 0.2) is 0 Å². The monoisotopic (exact) mass is 158 g/mol. The molecule has 62 valence electrons. The number of terminal acetylenes is 1. The van der Waals surface area contributed by atoms with E-state index in [1.54, 1.807) is 0 Å². The fourth-order valence-electron chi connectivity index (χ4n) is 1.18. The van der Waals surface area contributed by atoms with Crippen LogP contribution >= 0.6 is 0 Å². The maximum atomic E-state index is 5.19. The molecular weight excluding hydrogens is 144 g/mol. The van der Waals surface area contributed by atoms with Gasteiger partial charge in [-0.1, -0.05) is 23.8 Å². The summed E-state index contributed by atoms with van der Waals surface area (Å²) >= 11 is 0. The van der Waals surface area contributed by atoms with E-state index in [-0.39, 0.29) is 0 Å². The minimum absolute atomic E-state index is 0.839. The maximum Gasteiger partial charge on any atom is 0.0127 e. The zero-order valence-electron chi connectivity index (χ0n) is 7.72. The molecule has 0 spiro atoms. The highest BCUT2D eigenvalue weighted by atomic mass is 14.1. The van der Waals surface area contributed by atoms with Gasteiger partial charge in [-0.05, 0) is 31.4 Å². The third-order valence-electron chi connectivity index (χ3n) is 1.95. The van der Waals surface area contributed by atoms with Crippen molar-refractivity contribution in [1.29, 1.82) is 0 Å². The Morgan fingerprint density at radius 3 is 2.67 bits per heavy atom. The lowest BCUT2D eigenvalue weighted by atomic mass is 10.1. The van der Waals surface area contributed by atoms with Crippen LogP contribution in [0.3, 0.4) is 0 Å². The van der Waals surface area contributed by atoms with Gasteiger partial charge in [-0.15, -0.1) is 12.3 Å². The Kier molecular flexibility index (Phi) is 2.94. The highest BCUT2D eigenvalue weighted by molar-refractivity contribution is 5.47. The Morgan fingerprint density at radius 2 is 2.17 bits per heavy atom. The summed E-state index contributed by atoms with van der Waals surface area (Å²) < 4.78 is 0. The average Bonchev–Trinajstić information content (AvgIpc) is 2.48. The fourth-order valence-corrected chi connectivity index (χ4v) is 1.18. The van der Waals surface area contributed by atoms with Crippen LogP contribution in [0.2, 0.25) is 0 Å². The summed E-state index contributed by atoms with van der Waals surface area (Å²) in [5.41, 5.74) is 4.05. The molecular formula is C12H14. The third kappa shape index (κ3) is 2.13. The van der Waals surface area contributed by atoms with Gasteiger partial charge in [-0.25, -0.2) is 0 Å². The molecule has 0 aromatic rings. The number of allylic oxidation sites excluding steroid dienone is 6. The highest BCUT2D eigenvalue weighted by Crippen LogP contribution is 2.21. The van der Waals surface area contributed by atoms with Crippen molar-refractivity contribution in [3.63, 3.8) is 0 Å². The van der Waals surface area contributed by atoms with Crippen LogP contribution in [-0.4, -0.2) is 0 Å². The molecule has 0 atom stereocenters. The van der Waals surface area contributed by atoms with E-state index in [1.807, 2.05) is 0 Å². The van der Waals surface area contributed by atoms with Gasteiger partial charge in [0.1, 0.15) is 0 Å². The molecule has 12 heavy (non-hydrogen) atoms. The van der Waals surface area contributed by atoms with Crippen molar-refractivity contribution in [3.8, 4) is 12.3 Å². The predicted octanol–water partition coefficient (Wildman–Crippen LogP) is 3.23. The molecule has 0 radical (unpaired) electrons. The van der Waals surface area contributed by atoms with Crippen molar-refractivity contribution < 1.29 is 0 Å². The van der Waals surface area contributed by atoms with Crippen molar-refractivity contribution in [1.82, 2.24) is 0 Å². The Morgan fingerprint density at radius 1 is 1.42 bits per heavy atom. The van der Waals surface area contributed by atoms with Crippen molar-refractivity contribution in [2.45, 2.75) is 26.7 Å². The van der Waals surface area contributed by atoms with E-state index >= 15 is 0 Å². The summed E-state index contributed by atoms with van der Waals surface area (Å²) in [6.07, 6.45) is 13.6. The van der Waals surface area contributed by atoms with Crippen molar-refractivity contribution in [3.05, 3.63) is 34.9 Å². The third-order valence-corrected chi connectivity index (χ3v) is 1.95. The molecule has 0 bridgehead atoms. The van der Waals surface area contributed by atoms with E-state index in [1.165, 1.54) is 16.7 Å². The van der Waals surface area contributed by atoms with Crippen LogP contribution in [0.4, 0.5) is 0 Å². The van der Waals surface area contributed by atoms with Gasteiger partial charge in [0, 0.05) is 6.42 Å². The van der Waals surface area contributed by atoms with E-state index in [9.17, 15) is 0 Å². The second-order valence-electron chi connectivity index (χ2n) is 3.21. The van der Waals surface area contributed by atoms with Crippen LogP contribution in [-0.2, 0) is 0 Å². The minimum Gasteiger partial charge on any atom is -0.120 e. The van der Waals surface area contributed by atoms with Gasteiger partial charge in [0.05, 0.1) is 0 Å². The summed E-state index contributed by atoms with van der Waals surface area (Å²) in [7, 11) is 0. The Labute approximate surface area is 74.7 Å². The van der Waals surface area contributed by atoms with Gasteiger partial charge < -0.3 is 0 Å². The van der Waals surface area contributed by atoms with E-state index in [0.717, 1.165) is 12.8 Å². The molecule has 1 aliphatic carbocycles. The first-order chi connectivity index (χ1) is 5.74. The lowest BCUT2D eigenvalue weighted by Crippen LogP contribution is -1.75. The molecule has 0 amide bonds. The number of hydrogen-bond acceptors (Lipinski definition) is 0. The molecule has 0 aliphatic heterocycles. The zero-order valence-corrected chi connectivity index (χ0v) is 7.72. The standard InChI is InChI=1S/C12H14/c1-4-5-6-11-7-8-12(9-11)10(2)3/h1,7-9H,5-6H2,2-3H3. The average molecular weight is 158 g/mol. The predicted molar refractivity (Wildman–Crippen MR) is 53.7 cm³/mol. The molecule has 1 rings (SSSR count). The lowest BCUT2D eigenvalue weighted by Gasteiger charge is -1.93. The zero-order chi connectivity index (χ0) is 8.97. The van der Waals surface area contributed by atoms with E-state index < -0.39 is 0 Å². The summed E-state index contributed by atoms with van der Waals surface area (Å²) in [4.78, 5) is 0. The van der Waals surface area contributed by atoms with Crippen molar-refractivity contribution >= 4 is 0 Å². The quantitative estimate of drug-likeness (QED) is 0.541. The summed E-state index contributed by atoms with van der Waals surface area (Å²) in [6.45, 7) is 4.25. The van der Waals surface area contributed by atoms with Gasteiger partial charge in [0.2, 0.25) is 0 Å². The molecule has 0 heterocycles. The van der Waals surface area contributed by atoms with Gasteiger partial charge in [-0.2, -0.15) is 0 Å². The molecule has 0 fully saturated rings. The molecule has 0 aromatic heterocycles. The maximum absolute atomic E-state index is 5.19.